The highest BCUT2D eigenvalue weighted by molar-refractivity contribution is 9.10. The molecule has 5 nitrogen and oxygen atoms in total. The van der Waals surface area contributed by atoms with E-state index < -0.39 is 0 Å². The maximum Gasteiger partial charge on any atom is 0.263 e. The third-order valence-electron chi connectivity index (χ3n) is 3.93. The number of hydrogen-bond donors (Lipinski definition) is 2. The molecule has 8 heteroatoms. The minimum Gasteiger partial charge on any atom is -0.483 e. The largest absolute Gasteiger partial charge is 0.483 e. The average molecular weight is 477 g/mol. The number of thioether (sulfide) groups is 1. The molecule has 1 aliphatic heterocycles. The summed E-state index contributed by atoms with van der Waals surface area (Å²) in [6.07, 6.45) is 1.70. The van der Waals surface area contributed by atoms with Gasteiger partial charge in [0.15, 0.2) is 6.61 Å². The number of nitrogens with one attached hydrogen (secondary N) is 2. The van der Waals surface area contributed by atoms with E-state index in [2.05, 4.69) is 26.6 Å². The number of amides is 2. The summed E-state index contributed by atoms with van der Waals surface area (Å²) in [4.78, 5) is 24.7. The highest BCUT2D eigenvalue weighted by atomic mass is 79.9. The molecule has 2 aromatic carbocycles. The molecule has 2 amide bonds. The van der Waals surface area contributed by atoms with Gasteiger partial charge in [-0.3, -0.25) is 9.59 Å². The van der Waals surface area contributed by atoms with E-state index in [0.29, 0.717) is 20.5 Å². The molecule has 1 fully saturated rings. The van der Waals surface area contributed by atoms with Crippen LogP contribution in [0.1, 0.15) is 16.7 Å². The van der Waals surface area contributed by atoms with Crippen LogP contribution in [0.2, 0.25) is 0 Å². The summed E-state index contributed by atoms with van der Waals surface area (Å²) in [7, 11) is 0. The van der Waals surface area contributed by atoms with Crippen molar-refractivity contribution in [1.82, 2.24) is 5.32 Å². The van der Waals surface area contributed by atoms with Crippen LogP contribution in [0.3, 0.4) is 0 Å². The van der Waals surface area contributed by atoms with Crippen molar-refractivity contribution in [3.05, 3.63) is 62.5 Å². The van der Waals surface area contributed by atoms with Crippen molar-refractivity contribution in [2.24, 2.45) is 0 Å². The fraction of sp³-hybridized carbons (Fsp3) is 0.150. The van der Waals surface area contributed by atoms with Gasteiger partial charge in [0.05, 0.1) is 4.91 Å². The predicted octanol–water partition coefficient (Wildman–Crippen LogP) is 4.57. The Kier molecular flexibility index (Phi) is 6.53. The van der Waals surface area contributed by atoms with Gasteiger partial charge in [-0.15, -0.1) is 0 Å². The van der Waals surface area contributed by atoms with E-state index in [4.69, 9.17) is 17.0 Å². The van der Waals surface area contributed by atoms with Gasteiger partial charge >= 0.3 is 0 Å². The Morgan fingerprint density at radius 1 is 1.29 bits per heavy atom. The number of carbonyl (C=O) groups is 2. The first-order valence-electron chi connectivity index (χ1n) is 8.36. The molecule has 0 atom stereocenters. The van der Waals surface area contributed by atoms with Crippen molar-refractivity contribution in [2.75, 3.05) is 11.9 Å². The van der Waals surface area contributed by atoms with Gasteiger partial charge < -0.3 is 15.4 Å². The van der Waals surface area contributed by atoms with E-state index in [0.717, 1.165) is 21.3 Å². The minimum absolute atomic E-state index is 0.150. The molecule has 0 radical (unpaired) electrons. The van der Waals surface area contributed by atoms with E-state index in [-0.39, 0.29) is 18.4 Å². The van der Waals surface area contributed by atoms with Gasteiger partial charge in [0.1, 0.15) is 10.1 Å². The van der Waals surface area contributed by atoms with E-state index in [9.17, 15) is 9.59 Å². The molecule has 0 bridgehead atoms. The monoisotopic (exact) mass is 476 g/mol. The van der Waals surface area contributed by atoms with Crippen molar-refractivity contribution in [3.8, 4) is 5.75 Å². The molecule has 1 aliphatic rings. The standard InChI is InChI=1S/C20H17BrN2O3S2/c1-11-3-4-12(2)15(7-11)22-18(24)10-26-16-6-5-14(21)8-13(16)9-17-19(25)23-20(27)28-17/h3-9H,10H2,1-2H3,(H,22,24)(H,23,25,27)/b17-9-. The first kappa shape index (κ1) is 20.6. The predicted molar refractivity (Wildman–Crippen MR) is 120 cm³/mol. The molecule has 0 saturated carbocycles. The third kappa shape index (κ3) is 5.21. The first-order valence-corrected chi connectivity index (χ1v) is 10.4. The zero-order chi connectivity index (χ0) is 20.3. The number of rotatable bonds is 5. The van der Waals surface area contributed by atoms with E-state index in [1.807, 2.05) is 44.2 Å². The molecular weight excluding hydrogens is 460 g/mol. The maximum absolute atomic E-state index is 12.3. The van der Waals surface area contributed by atoms with Crippen LogP contribution >= 0.6 is 39.9 Å². The highest BCUT2D eigenvalue weighted by Gasteiger charge is 2.22. The summed E-state index contributed by atoms with van der Waals surface area (Å²) in [6, 6.07) is 11.2. The molecule has 2 aromatic rings. The van der Waals surface area contributed by atoms with Crippen LogP contribution in [-0.4, -0.2) is 22.7 Å². The third-order valence-corrected chi connectivity index (χ3v) is 5.58. The topological polar surface area (TPSA) is 67.4 Å². The van der Waals surface area contributed by atoms with Crippen LogP contribution < -0.4 is 15.4 Å². The Balaban J connectivity index is 1.73. The van der Waals surface area contributed by atoms with Crippen LogP contribution in [0, 0.1) is 13.8 Å². The van der Waals surface area contributed by atoms with Crippen molar-refractivity contribution in [1.29, 1.82) is 0 Å². The van der Waals surface area contributed by atoms with Crippen molar-refractivity contribution < 1.29 is 14.3 Å². The molecule has 3 rings (SSSR count). The average Bonchev–Trinajstić information content (AvgIpc) is 2.94. The van der Waals surface area contributed by atoms with E-state index >= 15 is 0 Å². The number of hydrogen-bond acceptors (Lipinski definition) is 5. The Labute approximate surface area is 181 Å². The van der Waals surface area contributed by atoms with Gasteiger partial charge in [0.2, 0.25) is 0 Å². The zero-order valence-electron chi connectivity index (χ0n) is 15.2. The summed E-state index contributed by atoms with van der Waals surface area (Å²) >= 11 is 9.62. The van der Waals surface area contributed by atoms with Crippen molar-refractivity contribution in [2.45, 2.75) is 13.8 Å². The smallest absolute Gasteiger partial charge is 0.263 e. The lowest BCUT2D eigenvalue weighted by Crippen LogP contribution is -2.21. The van der Waals surface area contributed by atoms with Crippen molar-refractivity contribution in [3.63, 3.8) is 0 Å². The number of benzene rings is 2. The van der Waals surface area contributed by atoms with Gasteiger partial charge in [-0.25, -0.2) is 0 Å². The fourth-order valence-electron chi connectivity index (χ4n) is 2.53. The number of ether oxygens (including phenoxy) is 1. The minimum atomic E-state index is -0.260. The molecule has 28 heavy (non-hydrogen) atoms. The maximum atomic E-state index is 12.3. The van der Waals surface area contributed by atoms with Gasteiger partial charge in [-0.05, 0) is 55.3 Å². The Morgan fingerprint density at radius 2 is 2.07 bits per heavy atom. The molecule has 1 saturated heterocycles. The number of halogens is 1. The Hall–Kier alpha value is -2.16. The lowest BCUT2D eigenvalue weighted by molar-refractivity contribution is -0.118. The normalized spacial score (nSPS) is 14.9. The number of anilines is 1. The van der Waals surface area contributed by atoms with E-state index in [1.54, 1.807) is 12.1 Å². The summed E-state index contributed by atoms with van der Waals surface area (Å²) in [6.45, 7) is 3.75. The molecule has 0 aliphatic carbocycles. The summed E-state index contributed by atoms with van der Waals surface area (Å²) in [5.74, 6) is -0.00370. The fourth-order valence-corrected chi connectivity index (χ4v) is 3.94. The van der Waals surface area contributed by atoms with Gasteiger partial charge in [-0.2, -0.15) is 0 Å². The van der Waals surface area contributed by atoms with Gasteiger partial charge in [0.25, 0.3) is 11.8 Å². The van der Waals surface area contributed by atoms with Crippen LogP contribution in [0.25, 0.3) is 6.08 Å². The van der Waals surface area contributed by atoms with Crippen LogP contribution in [0.4, 0.5) is 5.69 Å². The number of aryl methyl sites for hydroxylation is 2. The molecule has 1 heterocycles. The number of thiocarbonyl (C=S) groups is 1. The second-order valence-electron chi connectivity index (χ2n) is 6.19. The second-order valence-corrected chi connectivity index (χ2v) is 8.82. The van der Waals surface area contributed by atoms with Gasteiger partial charge in [0, 0.05) is 15.7 Å². The Morgan fingerprint density at radius 3 is 2.79 bits per heavy atom. The van der Waals surface area contributed by atoms with Crippen LogP contribution in [-0.2, 0) is 9.59 Å². The highest BCUT2D eigenvalue weighted by Crippen LogP contribution is 2.31. The molecule has 144 valence electrons. The SMILES string of the molecule is Cc1ccc(C)c(NC(=O)COc2ccc(Br)cc2/C=C2\SC(=S)NC2=O)c1. The van der Waals surface area contributed by atoms with Gasteiger partial charge in [-0.1, -0.05) is 52.0 Å². The first-order chi connectivity index (χ1) is 13.3. The lowest BCUT2D eigenvalue weighted by Gasteiger charge is -2.12. The van der Waals surface area contributed by atoms with E-state index in [1.165, 1.54) is 11.8 Å². The lowest BCUT2D eigenvalue weighted by atomic mass is 10.1. The summed E-state index contributed by atoms with van der Waals surface area (Å²) in [5, 5.41) is 5.44. The molecule has 2 N–H and O–H groups in total. The molecular formula is C20H17BrN2O3S2. The zero-order valence-corrected chi connectivity index (χ0v) is 18.4. The van der Waals surface area contributed by atoms with Crippen LogP contribution in [0.15, 0.2) is 45.8 Å². The summed E-state index contributed by atoms with van der Waals surface area (Å²) in [5.41, 5.74) is 3.48. The Bertz CT molecular complexity index is 1000. The second kappa shape index (κ2) is 8.89. The van der Waals surface area contributed by atoms with Crippen LogP contribution in [0.5, 0.6) is 5.75 Å². The quantitative estimate of drug-likeness (QED) is 0.488. The molecule has 0 unspecified atom stereocenters. The summed E-state index contributed by atoms with van der Waals surface area (Å²) < 4.78 is 6.97. The van der Waals surface area contributed by atoms with Crippen molar-refractivity contribution >= 4 is 67.8 Å². The molecule has 0 spiro atoms. The number of carbonyl (C=O) groups excluding carboxylic acids is 2. The molecule has 0 aromatic heterocycles.